The van der Waals surface area contributed by atoms with E-state index in [2.05, 4.69) is 154 Å². The van der Waals surface area contributed by atoms with Crippen LogP contribution in [0.5, 0.6) is 0 Å². The number of hydrogen-bond donors (Lipinski definition) is 1. The second-order valence-electron chi connectivity index (χ2n) is 25.3. The molecule has 0 aliphatic carbocycles. The third-order valence-electron chi connectivity index (χ3n) is 14.4. The molecule has 3 heterocycles. The molecule has 0 saturated carbocycles. The molecule has 0 spiro atoms. The molecule has 0 fully saturated rings. The highest BCUT2D eigenvalue weighted by Gasteiger charge is 2.21. The van der Waals surface area contributed by atoms with Crippen molar-refractivity contribution in [3.8, 4) is 12.3 Å². The normalized spacial score (nSPS) is 13.2. The lowest BCUT2D eigenvalue weighted by atomic mass is 10.1. The summed E-state index contributed by atoms with van der Waals surface area (Å²) < 4.78 is 127. The Morgan fingerprint density at radius 2 is 0.731 bits per heavy atom. The van der Waals surface area contributed by atoms with Crippen molar-refractivity contribution in [2.45, 2.75) is 129 Å². The third-order valence-corrected chi connectivity index (χ3v) is 20.8. The van der Waals surface area contributed by atoms with Gasteiger partial charge < -0.3 is 60.9 Å². The molecule has 600 valence electrons. The first-order chi connectivity index (χ1) is 51.5. The molecule has 0 amide bonds. The van der Waals surface area contributed by atoms with Crippen LogP contribution < -0.4 is 0 Å². The van der Waals surface area contributed by atoms with Crippen molar-refractivity contribution in [3.05, 3.63) is 186 Å². The molecule has 7 aromatic rings. The summed E-state index contributed by atoms with van der Waals surface area (Å²) in [5.74, 6) is 2.36. The maximum atomic E-state index is 13.3. The maximum absolute atomic E-state index is 13.3. The number of azide groups is 1. The average molecular weight is 1590 g/mol. The van der Waals surface area contributed by atoms with Crippen molar-refractivity contribution < 1.29 is 83.3 Å². The van der Waals surface area contributed by atoms with Crippen molar-refractivity contribution >= 4 is 30.0 Å². The molecule has 0 aliphatic heterocycles. The molecule has 4 aromatic carbocycles. The zero-order valence-corrected chi connectivity index (χ0v) is 69.1. The van der Waals surface area contributed by atoms with E-state index in [1.54, 1.807) is 36.5 Å². The number of hydrogen-bond acceptors (Lipinski definition) is 23. The highest BCUT2D eigenvalue weighted by Crippen LogP contribution is 2.48. The van der Waals surface area contributed by atoms with Crippen LogP contribution >= 0.6 is 30.0 Å². The van der Waals surface area contributed by atoms with Crippen LogP contribution in [-0.4, -0.2) is 200 Å². The Morgan fingerprint density at radius 1 is 0.435 bits per heavy atom. The SMILES string of the molecule is C#CCOCCOCCP(C)(=O)OCC.CCOP(=O)(F)CCOCCOCc1cn(Cc2cc(C)cc(C)c2)nn1.CCOP(=O)(O)CCOCCOCc1cn(Cc2cc(C)cc(C)c2)nn1.CCOP(C)(=O)CCOCCOCc1cn(Cc2cc(C)cc(C)c2)nn1.Cc1cc(C)cc(CN=[N+]=[N-])c1. The van der Waals surface area contributed by atoms with Crippen LogP contribution in [0.2, 0.25) is 0 Å². The Balaban J connectivity index is 0.000000361. The fourth-order valence-corrected chi connectivity index (χ4v) is 14.3. The summed E-state index contributed by atoms with van der Waals surface area (Å²) in [5, 5.41) is 28.2. The molecule has 4 atom stereocenters. The minimum Gasteiger partial charge on any atom is -0.378 e. The van der Waals surface area contributed by atoms with E-state index >= 15 is 0 Å². The Morgan fingerprint density at radius 3 is 1.05 bits per heavy atom. The van der Waals surface area contributed by atoms with Gasteiger partial charge in [0.25, 0.3) is 0 Å². The third kappa shape index (κ3) is 46.9. The second-order valence-corrected chi connectivity index (χ2v) is 34.6. The number of benzene rings is 4. The van der Waals surface area contributed by atoms with Crippen molar-refractivity contribution in [3.63, 3.8) is 0 Å². The van der Waals surface area contributed by atoms with Crippen LogP contribution in [0.15, 0.2) is 96.5 Å². The summed E-state index contributed by atoms with van der Waals surface area (Å²) in [6.45, 7) is 35.9. The van der Waals surface area contributed by atoms with Crippen LogP contribution in [-0.2, 0) is 120 Å². The first-order valence-corrected chi connectivity index (χ1v) is 43.8. The second kappa shape index (κ2) is 54.2. The highest BCUT2D eigenvalue weighted by atomic mass is 31.2. The number of ether oxygens (including phenoxy) is 8. The van der Waals surface area contributed by atoms with Gasteiger partial charge in [0, 0.05) is 30.6 Å². The van der Waals surface area contributed by atoms with E-state index in [1.165, 1.54) is 61.2 Å². The molecule has 34 heteroatoms. The zero-order valence-electron chi connectivity index (χ0n) is 65.5. The number of rotatable bonds is 47. The first kappa shape index (κ1) is 95.7. The molecular weight excluding hydrogens is 1470 g/mol. The topological polar surface area (TPSA) is 340 Å². The molecule has 0 radical (unpaired) electrons. The van der Waals surface area contributed by atoms with Crippen LogP contribution in [0.4, 0.5) is 4.20 Å². The number of nitrogens with zero attached hydrogens (tertiary/aromatic N) is 12. The molecule has 7 rings (SSSR count). The van der Waals surface area contributed by atoms with Crippen molar-refractivity contribution in [2.75, 3.05) is 150 Å². The van der Waals surface area contributed by atoms with Crippen LogP contribution in [0, 0.1) is 67.7 Å². The lowest BCUT2D eigenvalue weighted by molar-refractivity contribution is 0.0435. The smallest absolute Gasteiger partial charge is 0.369 e. The maximum Gasteiger partial charge on any atom is 0.369 e. The predicted molar refractivity (Wildman–Crippen MR) is 417 cm³/mol. The van der Waals surface area contributed by atoms with Crippen LogP contribution in [0.3, 0.4) is 0 Å². The first-order valence-electron chi connectivity index (χ1n) is 35.8. The molecule has 0 bridgehead atoms. The van der Waals surface area contributed by atoms with Gasteiger partial charge in [-0.25, -0.2) is 14.0 Å². The van der Waals surface area contributed by atoms with Crippen molar-refractivity contribution in [1.82, 2.24) is 45.0 Å². The van der Waals surface area contributed by atoms with Gasteiger partial charge in [-0.1, -0.05) is 144 Å². The van der Waals surface area contributed by atoms with E-state index in [0.717, 1.165) is 22.6 Å². The van der Waals surface area contributed by atoms with E-state index in [1.807, 2.05) is 63.1 Å². The number of aromatic nitrogens is 9. The van der Waals surface area contributed by atoms with E-state index < -0.39 is 30.0 Å². The Labute approximate surface area is 637 Å². The lowest BCUT2D eigenvalue weighted by Crippen LogP contribution is -2.08. The molecule has 3 aromatic heterocycles. The summed E-state index contributed by atoms with van der Waals surface area (Å²) in [6, 6.07) is 25.4. The van der Waals surface area contributed by atoms with Crippen molar-refractivity contribution in [2.24, 2.45) is 5.11 Å². The predicted octanol–water partition coefficient (Wildman–Crippen LogP) is 14.5. The van der Waals surface area contributed by atoms with E-state index in [9.17, 15) is 27.4 Å². The Kier molecular flexibility index (Phi) is 48.0. The van der Waals surface area contributed by atoms with Gasteiger partial charge in [0.05, 0.1) is 183 Å². The fraction of sp³-hybridized carbons (Fsp3) is 0.568. The highest BCUT2D eigenvalue weighted by molar-refractivity contribution is 7.58. The van der Waals surface area contributed by atoms with Gasteiger partial charge in [0.2, 0.25) is 14.7 Å². The molecule has 4 unspecified atom stereocenters. The standard InChI is InChI=1S/C19H30N3O4P.C18H27FN3O4P.C18H28N3O5P.C10H19O4P.C9H11N3/c1-5-26-27(4,23)9-8-24-6-7-25-15-19-14-22(21-20-19)13-18-11-16(2)10-17(3)12-18;1-4-26-27(19,23)8-7-24-5-6-25-14-18-13-22(21-20-18)12-17-10-15(2)9-16(3)11-17;1-4-26-27(22,23)8-7-24-5-6-25-14-18-13-21(20-19-18)12-17-10-15(2)9-16(3)11-17;1-4-6-12-7-8-13-9-10-15(3,11)14-5-2;1-7-3-8(2)5-9(4-7)6-11-12-10/h10-12,14H,5-9,13,15H2,1-4H3;9-11,13H,4-8,12,14H2,1-3H3;9-11,13H,4-8,12,14H2,1-3H3,(H,22,23);1H,5-10H2,2-3H3;3-5H,6H2,1-2H3. The minimum atomic E-state index is -4.02. The summed E-state index contributed by atoms with van der Waals surface area (Å²) >= 11 is 0. The van der Waals surface area contributed by atoms with Gasteiger partial charge >= 0.3 is 15.3 Å². The van der Waals surface area contributed by atoms with Gasteiger partial charge in [-0.05, 0) is 111 Å². The lowest BCUT2D eigenvalue weighted by Gasteiger charge is -2.12. The summed E-state index contributed by atoms with van der Waals surface area (Å²) in [5.41, 5.74) is 24.8. The largest absolute Gasteiger partial charge is 0.378 e. The summed E-state index contributed by atoms with van der Waals surface area (Å²) in [6.07, 6.45) is 11.2. The van der Waals surface area contributed by atoms with Gasteiger partial charge in [-0.3, -0.25) is 18.3 Å². The van der Waals surface area contributed by atoms with Gasteiger partial charge in [-0.2, -0.15) is 4.20 Å². The van der Waals surface area contributed by atoms with Gasteiger partial charge in [0.1, 0.15) is 23.7 Å². The molecular formula is C74H115FN12O17P4. The molecule has 108 heavy (non-hydrogen) atoms. The average Bonchev–Trinajstić information content (AvgIpc) is 1.69. The molecule has 0 saturated heterocycles. The number of halogens is 1. The van der Waals surface area contributed by atoms with Gasteiger partial charge in [0.15, 0.2) is 0 Å². The van der Waals surface area contributed by atoms with E-state index in [-0.39, 0.29) is 45.4 Å². The Bertz CT molecular complexity index is 3600. The number of terminal acetylenes is 1. The van der Waals surface area contributed by atoms with E-state index in [4.69, 9.17) is 63.4 Å². The molecule has 29 nitrogen and oxygen atoms in total. The monoisotopic (exact) mass is 1590 g/mol. The molecule has 0 aliphatic rings. The van der Waals surface area contributed by atoms with Crippen molar-refractivity contribution in [1.29, 1.82) is 0 Å². The summed E-state index contributed by atoms with van der Waals surface area (Å²) in [4.78, 5) is 12.1. The van der Waals surface area contributed by atoms with Gasteiger partial charge in [-0.15, -0.1) is 21.7 Å². The van der Waals surface area contributed by atoms with Crippen LogP contribution in [0.1, 0.15) is 112 Å². The van der Waals surface area contributed by atoms with E-state index in [0.29, 0.717) is 138 Å². The minimum absolute atomic E-state index is 0.0202. The Hall–Kier alpha value is -6.50. The fourth-order valence-electron chi connectivity index (χ4n) is 10.3. The molecule has 1 N–H and O–H groups in total. The number of aryl methyl sites for hydroxylation is 8. The summed E-state index contributed by atoms with van der Waals surface area (Å²) in [7, 11) is -12.5. The van der Waals surface area contributed by atoms with Crippen LogP contribution in [0.25, 0.3) is 10.4 Å². The quantitative estimate of drug-likeness (QED) is 0.00924. The zero-order chi connectivity index (χ0) is 79.6.